The minimum absolute atomic E-state index is 0.0600. The number of nitrogens with zero attached hydrogens (tertiary/aromatic N) is 5. The molecule has 2 heterocycles. The van der Waals surface area contributed by atoms with Crippen LogP contribution in [0.4, 0.5) is 11.5 Å². The van der Waals surface area contributed by atoms with Crippen molar-refractivity contribution in [1.29, 1.82) is 0 Å². The average molecular weight is 389 g/mol. The Hall–Kier alpha value is -3.20. The van der Waals surface area contributed by atoms with Gasteiger partial charge in [-0.1, -0.05) is 23.7 Å². The van der Waals surface area contributed by atoms with Crippen LogP contribution in [-0.4, -0.2) is 30.4 Å². The van der Waals surface area contributed by atoms with Crippen LogP contribution in [0, 0.1) is 17.0 Å². The Balaban J connectivity index is 1.53. The van der Waals surface area contributed by atoms with E-state index in [1.54, 1.807) is 29.9 Å². The number of hydrogen-bond acceptors (Lipinski definition) is 5. The van der Waals surface area contributed by atoms with E-state index in [0.717, 1.165) is 5.56 Å². The van der Waals surface area contributed by atoms with E-state index in [9.17, 15) is 14.9 Å². The van der Waals surface area contributed by atoms with Gasteiger partial charge < -0.3 is 5.32 Å². The van der Waals surface area contributed by atoms with Gasteiger partial charge in [-0.05, 0) is 24.6 Å². The van der Waals surface area contributed by atoms with Gasteiger partial charge in [0.25, 0.3) is 0 Å². The van der Waals surface area contributed by atoms with Crippen LogP contribution in [0.1, 0.15) is 17.7 Å². The molecule has 0 aliphatic carbocycles. The first-order valence-corrected chi connectivity index (χ1v) is 8.55. The van der Waals surface area contributed by atoms with Gasteiger partial charge in [-0.15, -0.1) is 0 Å². The number of halogens is 1. The predicted octanol–water partition coefficient (Wildman–Crippen LogP) is 3.03. The normalized spacial score (nSPS) is 10.7. The van der Waals surface area contributed by atoms with Crippen LogP contribution in [0.2, 0.25) is 5.02 Å². The van der Waals surface area contributed by atoms with Crippen LogP contribution in [0.25, 0.3) is 0 Å². The zero-order valence-electron chi connectivity index (χ0n) is 14.5. The fourth-order valence-corrected chi connectivity index (χ4v) is 2.77. The van der Waals surface area contributed by atoms with E-state index in [1.165, 1.54) is 10.9 Å². The van der Waals surface area contributed by atoms with Crippen molar-refractivity contribution in [2.45, 2.75) is 26.4 Å². The summed E-state index contributed by atoms with van der Waals surface area (Å²) in [6, 6.07) is 9.16. The summed E-state index contributed by atoms with van der Waals surface area (Å²) in [6.45, 7) is 2.33. The molecule has 1 amide bonds. The number of rotatable bonds is 7. The topological polar surface area (TPSA) is 108 Å². The third kappa shape index (κ3) is 4.91. The monoisotopic (exact) mass is 388 g/mol. The van der Waals surface area contributed by atoms with Crippen molar-refractivity contribution in [1.82, 2.24) is 19.6 Å². The van der Waals surface area contributed by atoms with E-state index >= 15 is 0 Å². The molecule has 3 rings (SSSR count). The second-order valence-electron chi connectivity index (χ2n) is 5.95. The van der Waals surface area contributed by atoms with Crippen LogP contribution < -0.4 is 5.32 Å². The van der Waals surface area contributed by atoms with Crippen molar-refractivity contribution in [3.8, 4) is 0 Å². The molecule has 0 aliphatic rings. The Morgan fingerprint density at radius 1 is 1.30 bits per heavy atom. The Labute approximate surface area is 159 Å². The molecule has 0 atom stereocenters. The van der Waals surface area contributed by atoms with Crippen molar-refractivity contribution in [2.24, 2.45) is 0 Å². The smallest absolute Gasteiger partial charge is 0.309 e. The Kier molecular flexibility index (Phi) is 5.51. The fourth-order valence-electron chi connectivity index (χ4n) is 2.56. The highest BCUT2D eigenvalue weighted by molar-refractivity contribution is 6.30. The summed E-state index contributed by atoms with van der Waals surface area (Å²) >= 11 is 5.97. The molecule has 1 N–H and O–H groups in total. The predicted molar refractivity (Wildman–Crippen MR) is 99.6 cm³/mol. The Bertz CT molecular complexity index is 981. The maximum Gasteiger partial charge on any atom is 0.309 e. The summed E-state index contributed by atoms with van der Waals surface area (Å²) < 4.78 is 3.09. The van der Waals surface area contributed by atoms with Crippen molar-refractivity contribution in [3.05, 3.63) is 69.1 Å². The molecule has 0 radical (unpaired) electrons. The summed E-state index contributed by atoms with van der Waals surface area (Å²) in [5.41, 5.74) is 1.26. The lowest BCUT2D eigenvalue weighted by molar-refractivity contribution is -0.385. The molecule has 0 fully saturated rings. The van der Waals surface area contributed by atoms with E-state index in [1.807, 2.05) is 18.2 Å². The summed E-state index contributed by atoms with van der Waals surface area (Å²) in [4.78, 5) is 22.4. The first-order valence-electron chi connectivity index (χ1n) is 8.17. The number of carbonyl (C=O) groups excluding carboxylic acids is 1. The first kappa shape index (κ1) is 18.6. The minimum atomic E-state index is -0.495. The Morgan fingerprint density at radius 2 is 2.11 bits per heavy atom. The molecule has 0 saturated heterocycles. The van der Waals surface area contributed by atoms with E-state index in [0.29, 0.717) is 23.1 Å². The SMILES string of the molecule is Cc1nn(CCC(=O)Nc2ccn(Cc3cccc(Cl)c3)n2)cc1[N+](=O)[O-]. The molecular formula is C17H17ClN6O3. The van der Waals surface area contributed by atoms with Gasteiger partial charge in [0.2, 0.25) is 5.91 Å². The van der Waals surface area contributed by atoms with Gasteiger partial charge in [0.05, 0.1) is 11.5 Å². The third-order valence-electron chi connectivity index (χ3n) is 3.83. The lowest BCUT2D eigenvalue weighted by atomic mass is 10.2. The second-order valence-corrected chi connectivity index (χ2v) is 6.38. The van der Waals surface area contributed by atoms with Gasteiger partial charge in [-0.3, -0.25) is 24.3 Å². The van der Waals surface area contributed by atoms with Gasteiger partial charge in [-0.25, -0.2) is 0 Å². The summed E-state index contributed by atoms with van der Waals surface area (Å²) in [5, 5.41) is 22.5. The zero-order chi connectivity index (χ0) is 19.4. The zero-order valence-corrected chi connectivity index (χ0v) is 15.3. The first-order chi connectivity index (χ1) is 12.9. The molecule has 0 bridgehead atoms. The molecule has 0 spiro atoms. The average Bonchev–Trinajstić information content (AvgIpc) is 3.19. The standard InChI is InChI=1S/C17H17ClN6O3/c1-12-15(24(26)27)11-23(20-12)8-6-17(25)19-16-5-7-22(21-16)10-13-3-2-4-14(18)9-13/h2-5,7,9,11H,6,8,10H2,1H3,(H,19,21,25). The van der Waals surface area contributed by atoms with E-state index in [-0.39, 0.29) is 24.6 Å². The Morgan fingerprint density at radius 3 is 2.81 bits per heavy atom. The fraction of sp³-hybridized carbons (Fsp3) is 0.235. The van der Waals surface area contributed by atoms with Crippen molar-refractivity contribution in [2.75, 3.05) is 5.32 Å². The lowest BCUT2D eigenvalue weighted by Crippen LogP contribution is -2.15. The maximum absolute atomic E-state index is 12.1. The second kappa shape index (κ2) is 8.00. The van der Waals surface area contributed by atoms with E-state index in [4.69, 9.17) is 11.6 Å². The van der Waals surface area contributed by atoms with Gasteiger partial charge in [0, 0.05) is 30.3 Å². The molecule has 140 valence electrons. The number of aromatic nitrogens is 4. The molecule has 0 aliphatic heterocycles. The van der Waals surface area contributed by atoms with Crippen LogP contribution in [0.15, 0.2) is 42.7 Å². The lowest BCUT2D eigenvalue weighted by Gasteiger charge is -2.04. The number of nitrogens with one attached hydrogen (secondary N) is 1. The highest BCUT2D eigenvalue weighted by Gasteiger charge is 2.15. The summed E-state index contributed by atoms with van der Waals surface area (Å²) in [7, 11) is 0. The molecule has 2 aromatic heterocycles. The molecule has 1 aromatic carbocycles. The number of amides is 1. The number of hydrogen-bond donors (Lipinski definition) is 1. The molecule has 27 heavy (non-hydrogen) atoms. The molecule has 0 saturated carbocycles. The third-order valence-corrected chi connectivity index (χ3v) is 4.06. The van der Waals surface area contributed by atoms with Crippen molar-refractivity contribution < 1.29 is 9.72 Å². The van der Waals surface area contributed by atoms with Gasteiger partial charge in [0.15, 0.2) is 5.82 Å². The summed E-state index contributed by atoms with van der Waals surface area (Å²) in [5.74, 6) is 0.184. The highest BCUT2D eigenvalue weighted by atomic mass is 35.5. The number of benzene rings is 1. The van der Waals surface area contributed by atoms with Crippen LogP contribution >= 0.6 is 11.6 Å². The van der Waals surface area contributed by atoms with E-state index < -0.39 is 4.92 Å². The van der Waals surface area contributed by atoms with Gasteiger partial charge in [-0.2, -0.15) is 10.2 Å². The molecular weight excluding hydrogens is 372 g/mol. The number of nitro groups is 1. The van der Waals surface area contributed by atoms with Crippen LogP contribution in [0.3, 0.4) is 0 Å². The minimum Gasteiger partial charge on any atom is -0.309 e. The molecule has 0 unspecified atom stereocenters. The maximum atomic E-state index is 12.1. The van der Waals surface area contributed by atoms with Crippen LogP contribution in [-0.2, 0) is 17.9 Å². The van der Waals surface area contributed by atoms with E-state index in [2.05, 4.69) is 15.5 Å². The van der Waals surface area contributed by atoms with Crippen molar-refractivity contribution in [3.63, 3.8) is 0 Å². The molecule has 9 nitrogen and oxygen atoms in total. The summed E-state index contributed by atoms with van der Waals surface area (Å²) in [6.07, 6.45) is 3.21. The van der Waals surface area contributed by atoms with Gasteiger partial charge >= 0.3 is 5.69 Å². The number of anilines is 1. The van der Waals surface area contributed by atoms with Gasteiger partial charge in [0.1, 0.15) is 11.9 Å². The van der Waals surface area contributed by atoms with Crippen LogP contribution in [0.5, 0.6) is 0 Å². The molecule has 10 heteroatoms. The number of aryl methyl sites for hydroxylation is 2. The quantitative estimate of drug-likeness (QED) is 0.494. The molecule has 3 aromatic rings. The largest absolute Gasteiger partial charge is 0.309 e. The van der Waals surface area contributed by atoms with Crippen molar-refractivity contribution >= 4 is 29.0 Å². The number of carbonyl (C=O) groups is 1. The highest BCUT2D eigenvalue weighted by Crippen LogP contribution is 2.15.